The molecular weight excluding hydrogens is 278 g/mol. The van der Waals surface area contributed by atoms with Gasteiger partial charge in [0.2, 0.25) is 0 Å². The normalized spacial score (nSPS) is 14.9. The Morgan fingerprint density at radius 1 is 1.18 bits per heavy atom. The highest BCUT2D eigenvalue weighted by atomic mass is 16.5. The summed E-state index contributed by atoms with van der Waals surface area (Å²) in [6.45, 7) is 3.29. The van der Waals surface area contributed by atoms with Gasteiger partial charge in [-0.05, 0) is 51.0 Å². The van der Waals surface area contributed by atoms with Crippen LogP contribution in [0, 0.1) is 0 Å². The van der Waals surface area contributed by atoms with Crippen LogP contribution in [0.25, 0.3) is 11.3 Å². The van der Waals surface area contributed by atoms with Gasteiger partial charge >= 0.3 is 0 Å². The molecule has 1 heterocycles. The lowest BCUT2D eigenvalue weighted by atomic mass is 9.98. The molecule has 1 aromatic heterocycles. The van der Waals surface area contributed by atoms with E-state index in [1.807, 2.05) is 34.9 Å². The van der Waals surface area contributed by atoms with E-state index in [0.29, 0.717) is 5.56 Å². The molecule has 0 bridgehead atoms. The highest BCUT2D eigenvalue weighted by molar-refractivity contribution is 5.68. The van der Waals surface area contributed by atoms with Gasteiger partial charge in [-0.25, -0.2) is 0 Å². The quantitative estimate of drug-likeness (QED) is 0.944. The number of pyridine rings is 1. The Morgan fingerprint density at radius 2 is 1.86 bits per heavy atom. The molecule has 0 spiro atoms. The van der Waals surface area contributed by atoms with Crippen LogP contribution in [0.5, 0.6) is 5.75 Å². The van der Waals surface area contributed by atoms with Crippen LogP contribution in [0.2, 0.25) is 0 Å². The van der Waals surface area contributed by atoms with E-state index in [2.05, 4.69) is 0 Å². The molecule has 3 rings (SSSR count). The summed E-state index contributed by atoms with van der Waals surface area (Å²) in [5.74, 6) is 0.743. The molecule has 116 valence electrons. The molecule has 0 atom stereocenters. The zero-order valence-electron chi connectivity index (χ0n) is 13.2. The summed E-state index contributed by atoms with van der Waals surface area (Å²) >= 11 is 0. The summed E-state index contributed by atoms with van der Waals surface area (Å²) in [5.41, 5.74) is 0.915. The van der Waals surface area contributed by atoms with Crippen molar-refractivity contribution in [1.29, 1.82) is 0 Å². The van der Waals surface area contributed by atoms with E-state index < -0.39 is 5.60 Å². The van der Waals surface area contributed by atoms with Crippen molar-refractivity contribution >= 4 is 0 Å². The van der Waals surface area contributed by atoms with E-state index in [-0.39, 0.29) is 11.6 Å². The summed E-state index contributed by atoms with van der Waals surface area (Å²) in [6, 6.07) is 11.5. The number of nitrogens with zero attached hydrogens (tertiary/aromatic N) is 1. The zero-order valence-corrected chi connectivity index (χ0v) is 13.2. The first-order valence-electron chi connectivity index (χ1n) is 7.55. The maximum Gasteiger partial charge on any atom is 0.257 e. The van der Waals surface area contributed by atoms with Gasteiger partial charge in [0.15, 0.2) is 0 Å². The van der Waals surface area contributed by atoms with Crippen LogP contribution >= 0.6 is 0 Å². The predicted octanol–water partition coefficient (Wildman–Crippen LogP) is 3.09. The third-order valence-electron chi connectivity index (χ3n) is 4.07. The summed E-state index contributed by atoms with van der Waals surface area (Å²) in [7, 11) is 1.63. The molecule has 1 saturated carbocycles. The SMILES string of the molecule is COc1ccccc1-c1ccc(C(C)(C)O)c(=O)n1C1CC1. The third kappa shape index (κ3) is 2.55. The molecule has 1 aliphatic carbocycles. The molecule has 1 aromatic carbocycles. The van der Waals surface area contributed by atoms with E-state index in [0.717, 1.165) is 29.8 Å². The lowest BCUT2D eigenvalue weighted by Gasteiger charge is -2.21. The van der Waals surface area contributed by atoms with Crippen LogP contribution in [-0.2, 0) is 5.60 Å². The number of rotatable bonds is 4. The van der Waals surface area contributed by atoms with Crippen LogP contribution in [0.15, 0.2) is 41.2 Å². The highest BCUT2D eigenvalue weighted by Gasteiger charge is 2.31. The van der Waals surface area contributed by atoms with Crippen molar-refractivity contribution in [2.45, 2.75) is 38.3 Å². The fraction of sp³-hybridized carbons (Fsp3) is 0.389. The first kappa shape index (κ1) is 14.9. The van der Waals surface area contributed by atoms with Gasteiger partial charge in [-0.15, -0.1) is 0 Å². The van der Waals surface area contributed by atoms with Crippen molar-refractivity contribution < 1.29 is 9.84 Å². The minimum atomic E-state index is -1.15. The van der Waals surface area contributed by atoms with E-state index in [1.165, 1.54) is 0 Å². The van der Waals surface area contributed by atoms with E-state index >= 15 is 0 Å². The minimum Gasteiger partial charge on any atom is -0.496 e. The Hall–Kier alpha value is -2.07. The standard InChI is InChI=1S/C18H21NO3/c1-18(2,21)14-10-11-15(19(17(14)20)12-8-9-12)13-6-4-5-7-16(13)22-3/h4-7,10-12,21H,8-9H2,1-3H3. The van der Waals surface area contributed by atoms with Crippen molar-refractivity contribution in [2.24, 2.45) is 0 Å². The molecule has 4 heteroatoms. The summed E-state index contributed by atoms with van der Waals surface area (Å²) in [6.07, 6.45) is 1.99. The summed E-state index contributed by atoms with van der Waals surface area (Å²) in [5, 5.41) is 10.2. The maximum atomic E-state index is 12.9. The minimum absolute atomic E-state index is 0.113. The Labute approximate surface area is 130 Å². The second-order valence-electron chi connectivity index (χ2n) is 6.30. The van der Waals surface area contributed by atoms with Gasteiger partial charge in [-0.3, -0.25) is 4.79 Å². The van der Waals surface area contributed by atoms with E-state index in [1.54, 1.807) is 27.0 Å². The number of ether oxygens (including phenoxy) is 1. The number of hydrogen-bond donors (Lipinski definition) is 1. The van der Waals surface area contributed by atoms with Crippen LogP contribution < -0.4 is 10.3 Å². The molecule has 1 fully saturated rings. The third-order valence-corrected chi connectivity index (χ3v) is 4.07. The van der Waals surface area contributed by atoms with Crippen LogP contribution in [0.3, 0.4) is 0 Å². The highest BCUT2D eigenvalue weighted by Crippen LogP contribution is 2.39. The fourth-order valence-electron chi connectivity index (χ4n) is 2.79. The maximum absolute atomic E-state index is 12.9. The molecule has 2 aromatic rings. The van der Waals surface area contributed by atoms with Gasteiger partial charge in [0.1, 0.15) is 5.75 Å². The molecule has 0 unspecified atom stereocenters. The average molecular weight is 299 g/mol. The molecule has 4 nitrogen and oxygen atoms in total. The monoisotopic (exact) mass is 299 g/mol. The largest absolute Gasteiger partial charge is 0.496 e. The fourth-order valence-corrected chi connectivity index (χ4v) is 2.79. The van der Waals surface area contributed by atoms with Gasteiger partial charge in [-0.2, -0.15) is 0 Å². The molecular formula is C18H21NO3. The zero-order chi connectivity index (χ0) is 15.9. The lowest BCUT2D eigenvalue weighted by molar-refractivity contribution is 0.0765. The average Bonchev–Trinajstić information content (AvgIpc) is 3.30. The summed E-state index contributed by atoms with van der Waals surface area (Å²) < 4.78 is 7.24. The van der Waals surface area contributed by atoms with Crippen molar-refractivity contribution in [3.05, 3.63) is 52.3 Å². The lowest BCUT2D eigenvalue weighted by Crippen LogP contribution is -2.32. The van der Waals surface area contributed by atoms with Crippen molar-refractivity contribution in [3.8, 4) is 17.0 Å². The van der Waals surface area contributed by atoms with E-state index in [4.69, 9.17) is 4.74 Å². The smallest absolute Gasteiger partial charge is 0.257 e. The first-order valence-corrected chi connectivity index (χ1v) is 7.55. The van der Waals surface area contributed by atoms with Crippen molar-refractivity contribution in [2.75, 3.05) is 7.11 Å². The number of methoxy groups -OCH3 is 1. The van der Waals surface area contributed by atoms with Gasteiger partial charge in [0.25, 0.3) is 5.56 Å². The molecule has 0 radical (unpaired) electrons. The first-order chi connectivity index (χ1) is 10.4. The Bertz CT molecular complexity index is 752. The van der Waals surface area contributed by atoms with Crippen molar-refractivity contribution in [1.82, 2.24) is 4.57 Å². The number of hydrogen-bond acceptors (Lipinski definition) is 3. The molecule has 1 aliphatic rings. The van der Waals surface area contributed by atoms with Gasteiger partial charge in [0.05, 0.1) is 18.4 Å². The number of para-hydroxylation sites is 1. The number of aliphatic hydroxyl groups is 1. The Balaban J connectivity index is 2.25. The van der Waals surface area contributed by atoms with E-state index in [9.17, 15) is 9.90 Å². The second-order valence-corrected chi connectivity index (χ2v) is 6.30. The number of aromatic nitrogens is 1. The summed E-state index contributed by atoms with van der Waals surface area (Å²) in [4.78, 5) is 12.9. The van der Waals surface area contributed by atoms with Crippen LogP contribution in [0.1, 0.15) is 38.3 Å². The molecule has 0 saturated heterocycles. The number of benzene rings is 1. The second kappa shape index (κ2) is 5.29. The molecule has 0 amide bonds. The Kier molecular flexibility index (Phi) is 3.57. The predicted molar refractivity (Wildman–Crippen MR) is 86.2 cm³/mol. The van der Waals surface area contributed by atoms with Crippen LogP contribution in [-0.4, -0.2) is 16.8 Å². The van der Waals surface area contributed by atoms with Gasteiger partial charge < -0.3 is 14.4 Å². The molecule has 1 N–H and O–H groups in total. The topological polar surface area (TPSA) is 51.5 Å². The molecule has 22 heavy (non-hydrogen) atoms. The van der Waals surface area contributed by atoms with Gasteiger partial charge in [-0.1, -0.05) is 12.1 Å². The Morgan fingerprint density at radius 3 is 2.45 bits per heavy atom. The molecule has 0 aliphatic heterocycles. The van der Waals surface area contributed by atoms with Gasteiger partial charge in [0, 0.05) is 17.2 Å². The van der Waals surface area contributed by atoms with Crippen LogP contribution in [0.4, 0.5) is 0 Å². The van der Waals surface area contributed by atoms with Crippen molar-refractivity contribution in [3.63, 3.8) is 0 Å².